The van der Waals surface area contributed by atoms with Gasteiger partial charge in [0.05, 0.1) is 11.3 Å². The van der Waals surface area contributed by atoms with Crippen LogP contribution in [0.25, 0.3) is 0 Å². The predicted molar refractivity (Wildman–Crippen MR) is 69.7 cm³/mol. The Morgan fingerprint density at radius 1 is 1.22 bits per heavy atom. The van der Waals surface area contributed by atoms with Crippen molar-refractivity contribution in [2.45, 2.75) is 19.1 Å². The maximum atomic E-state index is 9.18. The van der Waals surface area contributed by atoms with Gasteiger partial charge in [0.2, 0.25) is 0 Å². The van der Waals surface area contributed by atoms with E-state index in [-0.39, 0.29) is 12.2 Å². The molecule has 1 aromatic rings. The lowest BCUT2D eigenvalue weighted by Crippen LogP contribution is -2.27. The lowest BCUT2D eigenvalue weighted by Gasteiger charge is -2.19. The van der Waals surface area contributed by atoms with Gasteiger partial charge in [-0.25, -0.2) is 0 Å². The molecule has 1 aliphatic rings. The summed E-state index contributed by atoms with van der Waals surface area (Å²) >= 11 is 0. The molecule has 0 spiro atoms. The molecule has 0 bridgehead atoms. The van der Waals surface area contributed by atoms with Crippen LogP contribution in [-0.4, -0.2) is 39.5 Å². The van der Waals surface area contributed by atoms with Crippen LogP contribution in [0, 0.1) is 18.3 Å². The number of hydrogen-bond donors (Lipinski definition) is 0. The van der Waals surface area contributed by atoms with Gasteiger partial charge in [-0.15, -0.1) is 0 Å². The van der Waals surface area contributed by atoms with Gasteiger partial charge in [0.25, 0.3) is 0 Å². The second-order valence-electron chi connectivity index (χ2n) is 4.59. The number of hydrogen-bond acceptors (Lipinski definition) is 4. The van der Waals surface area contributed by atoms with Crippen molar-refractivity contribution in [2.75, 3.05) is 32.2 Å². The second-order valence-corrected chi connectivity index (χ2v) is 4.59. The highest BCUT2D eigenvalue weighted by atomic mass is 16.5. The van der Waals surface area contributed by atoms with Gasteiger partial charge < -0.3 is 14.4 Å². The molecule has 2 rings (SSSR count). The van der Waals surface area contributed by atoms with Crippen LogP contribution in [0.15, 0.2) is 18.2 Å². The Labute approximate surface area is 108 Å². The molecule has 0 amide bonds. The first-order valence-corrected chi connectivity index (χ1v) is 6.01. The third-order valence-electron chi connectivity index (χ3n) is 3.44. The molecule has 1 saturated heterocycles. The molecule has 0 N–H and O–H groups in total. The van der Waals surface area contributed by atoms with Gasteiger partial charge in [-0.2, -0.15) is 5.26 Å². The second kappa shape index (κ2) is 5.38. The van der Waals surface area contributed by atoms with Gasteiger partial charge in [-0.1, -0.05) is 6.07 Å². The van der Waals surface area contributed by atoms with Crippen molar-refractivity contribution in [2.24, 2.45) is 0 Å². The SMILES string of the molecule is COC1CN(c2cc(C)ccc2C#N)CC1OC. The van der Waals surface area contributed by atoms with E-state index >= 15 is 0 Å². The highest BCUT2D eigenvalue weighted by Gasteiger charge is 2.33. The van der Waals surface area contributed by atoms with Crippen molar-refractivity contribution in [1.82, 2.24) is 0 Å². The summed E-state index contributed by atoms with van der Waals surface area (Å²) in [5.41, 5.74) is 2.82. The summed E-state index contributed by atoms with van der Waals surface area (Å²) in [5.74, 6) is 0. The zero-order valence-corrected chi connectivity index (χ0v) is 11.0. The van der Waals surface area contributed by atoms with Crippen LogP contribution in [0.5, 0.6) is 0 Å². The van der Waals surface area contributed by atoms with Crippen LogP contribution < -0.4 is 4.90 Å². The number of ether oxygens (including phenoxy) is 2. The molecule has 0 radical (unpaired) electrons. The molecular weight excluding hydrogens is 228 g/mol. The molecule has 2 atom stereocenters. The minimum atomic E-state index is 0.0575. The van der Waals surface area contributed by atoms with Crippen molar-refractivity contribution < 1.29 is 9.47 Å². The molecular formula is C14H18N2O2. The number of anilines is 1. The molecule has 18 heavy (non-hydrogen) atoms. The summed E-state index contributed by atoms with van der Waals surface area (Å²) in [6.07, 6.45) is 0.115. The van der Waals surface area contributed by atoms with Crippen molar-refractivity contribution in [3.05, 3.63) is 29.3 Å². The van der Waals surface area contributed by atoms with Crippen LogP contribution in [0.4, 0.5) is 5.69 Å². The number of rotatable bonds is 3. The average molecular weight is 246 g/mol. The minimum Gasteiger partial charge on any atom is -0.377 e. The van der Waals surface area contributed by atoms with E-state index in [9.17, 15) is 5.26 Å². The molecule has 2 unspecified atom stereocenters. The van der Waals surface area contributed by atoms with Crippen LogP contribution in [-0.2, 0) is 9.47 Å². The monoisotopic (exact) mass is 246 g/mol. The first kappa shape index (κ1) is 12.9. The van der Waals surface area contributed by atoms with E-state index in [1.54, 1.807) is 14.2 Å². The summed E-state index contributed by atoms with van der Waals surface area (Å²) in [6.45, 7) is 3.54. The number of nitriles is 1. The number of benzene rings is 1. The van der Waals surface area contributed by atoms with E-state index in [4.69, 9.17) is 9.47 Å². The highest BCUT2D eigenvalue weighted by Crippen LogP contribution is 2.27. The lowest BCUT2D eigenvalue weighted by molar-refractivity contribution is -0.00461. The highest BCUT2D eigenvalue weighted by molar-refractivity contribution is 5.61. The Hall–Kier alpha value is -1.57. The van der Waals surface area contributed by atoms with Crippen molar-refractivity contribution in [1.29, 1.82) is 5.26 Å². The minimum absolute atomic E-state index is 0.0575. The normalized spacial score (nSPS) is 23.1. The molecule has 96 valence electrons. The van der Waals surface area contributed by atoms with Crippen LogP contribution in [0.1, 0.15) is 11.1 Å². The quantitative estimate of drug-likeness (QED) is 0.814. The molecule has 1 aromatic carbocycles. The van der Waals surface area contributed by atoms with Gasteiger partial charge in [0.15, 0.2) is 0 Å². The van der Waals surface area contributed by atoms with Crippen molar-refractivity contribution in [3.8, 4) is 6.07 Å². The maximum Gasteiger partial charge on any atom is 0.102 e. The van der Waals surface area contributed by atoms with Crippen LogP contribution in [0.3, 0.4) is 0 Å². The van der Waals surface area contributed by atoms with Crippen LogP contribution >= 0.6 is 0 Å². The van der Waals surface area contributed by atoms with Gasteiger partial charge in [0, 0.05) is 27.3 Å². The summed E-state index contributed by atoms with van der Waals surface area (Å²) < 4.78 is 10.8. The summed E-state index contributed by atoms with van der Waals surface area (Å²) in [6, 6.07) is 8.11. The average Bonchev–Trinajstić information content (AvgIpc) is 2.81. The topological polar surface area (TPSA) is 45.5 Å². The molecule has 4 heteroatoms. The fourth-order valence-electron chi connectivity index (χ4n) is 2.39. The zero-order chi connectivity index (χ0) is 13.1. The Kier molecular flexibility index (Phi) is 3.85. The van der Waals surface area contributed by atoms with E-state index in [0.717, 1.165) is 24.3 Å². The number of nitrogens with zero attached hydrogens (tertiary/aromatic N) is 2. The Morgan fingerprint density at radius 2 is 1.83 bits per heavy atom. The standard InChI is InChI=1S/C14H18N2O2/c1-10-4-5-11(7-15)12(6-10)16-8-13(17-2)14(9-16)18-3/h4-6,13-14H,8-9H2,1-3H3. The Balaban J connectivity index is 2.28. The maximum absolute atomic E-state index is 9.18. The third kappa shape index (κ3) is 2.33. The van der Waals surface area contributed by atoms with Crippen molar-refractivity contribution >= 4 is 5.69 Å². The van der Waals surface area contributed by atoms with E-state index in [1.807, 2.05) is 25.1 Å². The molecule has 1 aliphatic heterocycles. The van der Waals surface area contributed by atoms with Crippen LogP contribution in [0.2, 0.25) is 0 Å². The number of methoxy groups -OCH3 is 2. The fourth-order valence-corrected chi connectivity index (χ4v) is 2.39. The summed E-state index contributed by atoms with van der Waals surface area (Å²) in [4.78, 5) is 2.16. The molecule has 0 saturated carbocycles. The summed E-state index contributed by atoms with van der Waals surface area (Å²) in [7, 11) is 3.39. The number of aryl methyl sites for hydroxylation is 1. The fraction of sp³-hybridized carbons (Fsp3) is 0.500. The summed E-state index contributed by atoms with van der Waals surface area (Å²) in [5, 5.41) is 9.18. The van der Waals surface area contributed by atoms with E-state index < -0.39 is 0 Å². The Morgan fingerprint density at radius 3 is 2.33 bits per heavy atom. The largest absolute Gasteiger partial charge is 0.377 e. The van der Waals surface area contributed by atoms with Gasteiger partial charge in [-0.05, 0) is 24.6 Å². The van der Waals surface area contributed by atoms with Gasteiger partial charge >= 0.3 is 0 Å². The van der Waals surface area contributed by atoms with Gasteiger partial charge in [0.1, 0.15) is 18.3 Å². The lowest BCUT2D eigenvalue weighted by atomic mass is 10.1. The van der Waals surface area contributed by atoms with Gasteiger partial charge in [-0.3, -0.25) is 0 Å². The zero-order valence-electron chi connectivity index (χ0n) is 11.0. The van der Waals surface area contributed by atoms with Crippen molar-refractivity contribution in [3.63, 3.8) is 0 Å². The molecule has 1 heterocycles. The third-order valence-corrected chi connectivity index (χ3v) is 3.44. The first-order chi connectivity index (χ1) is 8.69. The molecule has 0 aliphatic carbocycles. The first-order valence-electron chi connectivity index (χ1n) is 6.01. The molecule has 1 fully saturated rings. The molecule has 0 aromatic heterocycles. The smallest absolute Gasteiger partial charge is 0.102 e. The van der Waals surface area contributed by atoms with E-state index in [2.05, 4.69) is 11.0 Å². The predicted octanol–water partition coefficient (Wildman–Crippen LogP) is 1.72. The Bertz CT molecular complexity index is 455. The van der Waals surface area contributed by atoms with E-state index in [0.29, 0.717) is 5.56 Å². The van der Waals surface area contributed by atoms with E-state index in [1.165, 1.54) is 0 Å². The molecule has 4 nitrogen and oxygen atoms in total.